The van der Waals surface area contributed by atoms with Gasteiger partial charge in [-0.1, -0.05) is 12.1 Å². The number of benzene rings is 1. The van der Waals surface area contributed by atoms with Crippen LogP contribution >= 0.6 is 0 Å². The van der Waals surface area contributed by atoms with Gasteiger partial charge in [0.15, 0.2) is 11.3 Å². The number of carbonyl (C=O) groups is 1. The number of para-hydroxylation sites is 1. The van der Waals surface area contributed by atoms with Gasteiger partial charge in [-0.2, -0.15) is 0 Å². The number of piperidine rings is 1. The lowest BCUT2D eigenvalue weighted by atomic mass is 9.98. The number of fused-ring (bicyclic) bond motifs is 3. The summed E-state index contributed by atoms with van der Waals surface area (Å²) in [5, 5.41) is 0.682. The molecule has 4 rings (SSSR count). The Labute approximate surface area is 145 Å². The number of hydrogen-bond donors (Lipinski definition) is 0. The molecular weight excluding hydrogens is 322 g/mol. The summed E-state index contributed by atoms with van der Waals surface area (Å²) in [6, 6.07) is 7.23. The Balaban J connectivity index is 1.72. The number of methoxy groups -OCH3 is 2. The largest absolute Gasteiger partial charge is 0.493 e. The second kappa shape index (κ2) is 6.19. The standard InChI is InChI=1S/C19H21NO5/c1-23-14-9-12-6-7-13(10-14)20(12)18(21)15-8-11-4-3-5-16(24-2)17(11)25-19(15)22/h3-5,8,12-14H,6-7,9-10H2,1-2H3. The average molecular weight is 343 g/mol. The van der Waals surface area contributed by atoms with Crippen molar-refractivity contribution in [2.45, 2.75) is 43.9 Å². The molecule has 0 aliphatic carbocycles. The number of amides is 1. The third-order valence-electron chi connectivity index (χ3n) is 5.43. The van der Waals surface area contributed by atoms with Crippen molar-refractivity contribution in [2.24, 2.45) is 0 Å². The smallest absolute Gasteiger partial charge is 0.349 e. The van der Waals surface area contributed by atoms with Crippen molar-refractivity contribution in [2.75, 3.05) is 14.2 Å². The molecular formula is C19H21NO5. The minimum atomic E-state index is -0.615. The van der Waals surface area contributed by atoms with E-state index in [4.69, 9.17) is 13.9 Å². The van der Waals surface area contributed by atoms with Gasteiger partial charge in [0.2, 0.25) is 0 Å². The van der Waals surface area contributed by atoms with E-state index in [0.717, 1.165) is 25.7 Å². The van der Waals surface area contributed by atoms with Crippen molar-refractivity contribution in [1.82, 2.24) is 4.90 Å². The molecule has 6 nitrogen and oxygen atoms in total. The van der Waals surface area contributed by atoms with Crippen LogP contribution in [0.25, 0.3) is 11.0 Å². The van der Waals surface area contributed by atoms with Gasteiger partial charge in [-0.3, -0.25) is 4.79 Å². The third kappa shape index (κ3) is 2.61. The van der Waals surface area contributed by atoms with E-state index in [-0.39, 0.29) is 29.7 Å². The number of carbonyl (C=O) groups excluding carboxylic acids is 1. The minimum Gasteiger partial charge on any atom is -0.493 e. The van der Waals surface area contributed by atoms with Crippen LogP contribution in [0, 0.1) is 0 Å². The van der Waals surface area contributed by atoms with Gasteiger partial charge >= 0.3 is 5.63 Å². The fourth-order valence-corrected chi connectivity index (χ4v) is 4.22. The lowest BCUT2D eigenvalue weighted by molar-refractivity contribution is 0.00805. The van der Waals surface area contributed by atoms with E-state index in [9.17, 15) is 9.59 Å². The normalized spacial score (nSPS) is 25.4. The quantitative estimate of drug-likeness (QED) is 0.801. The SMILES string of the molecule is COc1cccc2cc(C(=O)N3C4CCC3CC(OC)C4)c(=O)oc12. The van der Waals surface area contributed by atoms with E-state index in [2.05, 4.69) is 0 Å². The zero-order valence-electron chi connectivity index (χ0n) is 14.4. The molecule has 3 heterocycles. The topological polar surface area (TPSA) is 69.0 Å². The van der Waals surface area contributed by atoms with E-state index >= 15 is 0 Å². The molecule has 6 heteroatoms. The van der Waals surface area contributed by atoms with E-state index in [1.165, 1.54) is 7.11 Å². The first-order chi connectivity index (χ1) is 12.1. The van der Waals surface area contributed by atoms with Crippen LogP contribution in [-0.2, 0) is 4.74 Å². The molecule has 1 aromatic heterocycles. The van der Waals surface area contributed by atoms with Gasteiger partial charge < -0.3 is 18.8 Å². The summed E-state index contributed by atoms with van der Waals surface area (Å²) in [6.45, 7) is 0. The summed E-state index contributed by atoms with van der Waals surface area (Å²) in [5.74, 6) is 0.245. The predicted molar refractivity (Wildman–Crippen MR) is 92.0 cm³/mol. The molecule has 2 unspecified atom stereocenters. The van der Waals surface area contributed by atoms with Gasteiger partial charge in [0.1, 0.15) is 5.56 Å². The van der Waals surface area contributed by atoms with Crippen molar-refractivity contribution in [3.05, 3.63) is 40.2 Å². The minimum absolute atomic E-state index is 0.0912. The second-order valence-electron chi connectivity index (χ2n) is 6.75. The van der Waals surface area contributed by atoms with E-state index < -0.39 is 5.63 Å². The lowest BCUT2D eigenvalue weighted by Crippen LogP contribution is -2.49. The Hall–Kier alpha value is -2.34. The molecule has 0 spiro atoms. The Bertz CT molecular complexity index is 860. The molecule has 25 heavy (non-hydrogen) atoms. The van der Waals surface area contributed by atoms with Gasteiger partial charge in [-0.05, 0) is 37.8 Å². The first-order valence-corrected chi connectivity index (χ1v) is 8.58. The molecule has 2 saturated heterocycles. The molecule has 2 fully saturated rings. The second-order valence-corrected chi connectivity index (χ2v) is 6.75. The third-order valence-corrected chi connectivity index (χ3v) is 5.43. The van der Waals surface area contributed by atoms with Crippen LogP contribution in [0.5, 0.6) is 5.75 Å². The Morgan fingerprint density at radius 1 is 1.20 bits per heavy atom. The van der Waals surface area contributed by atoms with Crippen LogP contribution < -0.4 is 10.4 Å². The monoisotopic (exact) mass is 343 g/mol. The van der Waals surface area contributed by atoms with Gasteiger partial charge in [0.25, 0.3) is 5.91 Å². The molecule has 1 aromatic carbocycles. The van der Waals surface area contributed by atoms with E-state index in [1.54, 1.807) is 19.2 Å². The highest BCUT2D eigenvalue weighted by atomic mass is 16.5. The summed E-state index contributed by atoms with van der Waals surface area (Å²) in [5.41, 5.74) is -0.156. The molecule has 2 aromatic rings. The van der Waals surface area contributed by atoms with Gasteiger partial charge in [-0.15, -0.1) is 0 Å². The van der Waals surface area contributed by atoms with E-state index in [0.29, 0.717) is 16.7 Å². The average Bonchev–Trinajstić information content (AvgIpc) is 2.89. The van der Waals surface area contributed by atoms with Crippen LogP contribution in [-0.4, -0.2) is 43.2 Å². The number of ether oxygens (including phenoxy) is 2. The summed E-state index contributed by atoms with van der Waals surface area (Å²) < 4.78 is 16.1. The molecule has 0 N–H and O–H groups in total. The van der Waals surface area contributed by atoms with Crippen molar-refractivity contribution < 1.29 is 18.7 Å². The molecule has 132 valence electrons. The Morgan fingerprint density at radius 2 is 1.92 bits per heavy atom. The summed E-state index contributed by atoms with van der Waals surface area (Å²) in [7, 11) is 3.23. The first-order valence-electron chi connectivity index (χ1n) is 8.58. The maximum Gasteiger partial charge on any atom is 0.349 e. The van der Waals surface area contributed by atoms with Crippen molar-refractivity contribution >= 4 is 16.9 Å². The van der Waals surface area contributed by atoms with Crippen molar-refractivity contribution in [1.29, 1.82) is 0 Å². The van der Waals surface area contributed by atoms with E-state index in [1.807, 2.05) is 17.0 Å². The van der Waals surface area contributed by atoms with Gasteiger partial charge in [0.05, 0.1) is 13.2 Å². The number of nitrogens with zero attached hydrogens (tertiary/aromatic N) is 1. The summed E-state index contributed by atoms with van der Waals surface area (Å²) in [4.78, 5) is 27.4. The highest BCUT2D eigenvalue weighted by Crippen LogP contribution is 2.37. The predicted octanol–water partition coefficient (Wildman–Crippen LogP) is 2.58. The molecule has 2 atom stereocenters. The number of rotatable bonds is 3. The van der Waals surface area contributed by atoms with Crippen LogP contribution in [0.15, 0.2) is 33.5 Å². The van der Waals surface area contributed by atoms with Crippen molar-refractivity contribution in [3.63, 3.8) is 0 Å². The first kappa shape index (κ1) is 16.1. The molecule has 1 amide bonds. The molecule has 2 aliphatic heterocycles. The zero-order chi connectivity index (χ0) is 17.6. The molecule has 0 saturated carbocycles. The lowest BCUT2D eigenvalue weighted by Gasteiger charge is -2.38. The van der Waals surface area contributed by atoms with Crippen LogP contribution in [0.3, 0.4) is 0 Å². The van der Waals surface area contributed by atoms with Gasteiger partial charge in [-0.25, -0.2) is 4.79 Å². The van der Waals surface area contributed by atoms with Crippen LogP contribution in [0.1, 0.15) is 36.0 Å². The fraction of sp³-hybridized carbons (Fsp3) is 0.474. The summed E-state index contributed by atoms with van der Waals surface area (Å²) in [6.07, 6.45) is 3.77. The van der Waals surface area contributed by atoms with Crippen molar-refractivity contribution in [3.8, 4) is 5.75 Å². The van der Waals surface area contributed by atoms with Gasteiger partial charge in [0, 0.05) is 24.6 Å². The fourth-order valence-electron chi connectivity index (χ4n) is 4.22. The Morgan fingerprint density at radius 3 is 2.56 bits per heavy atom. The maximum absolute atomic E-state index is 13.1. The van der Waals surface area contributed by atoms with Crippen LogP contribution in [0.4, 0.5) is 0 Å². The number of hydrogen-bond acceptors (Lipinski definition) is 5. The zero-order valence-corrected chi connectivity index (χ0v) is 14.4. The summed E-state index contributed by atoms with van der Waals surface area (Å²) >= 11 is 0. The Kier molecular flexibility index (Phi) is 4.00. The molecule has 0 radical (unpaired) electrons. The maximum atomic E-state index is 13.1. The highest BCUT2D eigenvalue weighted by molar-refractivity contribution is 5.98. The molecule has 2 aliphatic rings. The molecule has 2 bridgehead atoms. The van der Waals surface area contributed by atoms with Crippen LogP contribution in [0.2, 0.25) is 0 Å². The highest BCUT2D eigenvalue weighted by Gasteiger charge is 2.44.